The topological polar surface area (TPSA) is 91.4 Å². The summed E-state index contributed by atoms with van der Waals surface area (Å²) in [7, 11) is 1.52. The van der Waals surface area contributed by atoms with Crippen molar-refractivity contribution in [1.29, 1.82) is 0 Å². The quantitative estimate of drug-likeness (QED) is 0.451. The molecule has 0 spiro atoms. The SMILES string of the molecule is COC(=O)CCN(CC(OC)OC)S(=O)(=O)c1ccccc1OC. The molecule has 24 heavy (non-hydrogen) atoms. The minimum Gasteiger partial charge on any atom is -0.495 e. The van der Waals surface area contributed by atoms with Gasteiger partial charge in [0.15, 0.2) is 6.29 Å². The minimum absolute atomic E-state index is 0.00308. The van der Waals surface area contributed by atoms with E-state index in [2.05, 4.69) is 4.74 Å². The summed E-state index contributed by atoms with van der Waals surface area (Å²) in [6, 6.07) is 6.26. The Bertz CT molecular complexity index is 628. The third kappa shape index (κ3) is 5.17. The van der Waals surface area contributed by atoms with Gasteiger partial charge >= 0.3 is 5.97 Å². The second-order valence-electron chi connectivity index (χ2n) is 4.74. The van der Waals surface area contributed by atoms with Gasteiger partial charge in [0.25, 0.3) is 0 Å². The average Bonchev–Trinajstić information content (AvgIpc) is 2.61. The molecule has 0 radical (unpaired) electrons. The summed E-state index contributed by atoms with van der Waals surface area (Å²) in [6.45, 7) is -0.152. The highest BCUT2D eigenvalue weighted by Crippen LogP contribution is 2.26. The van der Waals surface area contributed by atoms with Gasteiger partial charge in [-0.1, -0.05) is 12.1 Å². The van der Waals surface area contributed by atoms with Gasteiger partial charge in [0.1, 0.15) is 10.6 Å². The molecule has 1 rings (SSSR count). The Kier molecular flexibility index (Phi) is 8.13. The Morgan fingerprint density at radius 1 is 1.12 bits per heavy atom. The molecule has 9 heteroatoms. The molecule has 0 aliphatic heterocycles. The van der Waals surface area contributed by atoms with Crippen LogP contribution in [0.2, 0.25) is 0 Å². The number of hydrogen-bond acceptors (Lipinski definition) is 7. The molecule has 0 aromatic heterocycles. The second kappa shape index (κ2) is 9.58. The Morgan fingerprint density at radius 2 is 1.75 bits per heavy atom. The second-order valence-corrected chi connectivity index (χ2v) is 6.65. The third-order valence-electron chi connectivity index (χ3n) is 3.36. The van der Waals surface area contributed by atoms with E-state index < -0.39 is 22.3 Å². The Balaban J connectivity index is 3.16. The van der Waals surface area contributed by atoms with Crippen LogP contribution in [0.5, 0.6) is 5.75 Å². The maximum atomic E-state index is 13.0. The fourth-order valence-corrected chi connectivity index (χ4v) is 3.59. The normalized spacial score (nSPS) is 11.8. The first-order valence-electron chi connectivity index (χ1n) is 7.16. The van der Waals surface area contributed by atoms with E-state index in [0.717, 1.165) is 4.31 Å². The number of benzene rings is 1. The monoisotopic (exact) mass is 361 g/mol. The molecule has 0 aliphatic carbocycles. The van der Waals surface area contributed by atoms with E-state index in [1.54, 1.807) is 18.2 Å². The van der Waals surface area contributed by atoms with E-state index in [-0.39, 0.29) is 30.2 Å². The molecule has 0 bridgehead atoms. The van der Waals surface area contributed by atoms with Crippen molar-refractivity contribution in [1.82, 2.24) is 4.31 Å². The van der Waals surface area contributed by atoms with Crippen LogP contribution in [-0.4, -0.2) is 66.5 Å². The third-order valence-corrected chi connectivity index (χ3v) is 5.26. The summed E-state index contributed by atoms with van der Waals surface area (Å²) in [5.74, 6) is -0.298. The van der Waals surface area contributed by atoms with Crippen LogP contribution in [0.1, 0.15) is 6.42 Å². The van der Waals surface area contributed by atoms with Crippen molar-refractivity contribution in [3.8, 4) is 5.75 Å². The van der Waals surface area contributed by atoms with E-state index in [4.69, 9.17) is 14.2 Å². The number of para-hydroxylation sites is 1. The zero-order valence-corrected chi connectivity index (χ0v) is 15.0. The summed E-state index contributed by atoms with van der Waals surface area (Å²) in [4.78, 5) is 11.4. The number of rotatable bonds is 10. The first-order chi connectivity index (χ1) is 11.4. The number of ether oxygens (including phenoxy) is 4. The first kappa shape index (κ1) is 20.4. The van der Waals surface area contributed by atoms with Gasteiger partial charge in [0.05, 0.1) is 27.2 Å². The van der Waals surface area contributed by atoms with Crippen molar-refractivity contribution in [3.05, 3.63) is 24.3 Å². The van der Waals surface area contributed by atoms with Crippen molar-refractivity contribution in [2.75, 3.05) is 41.5 Å². The number of hydrogen-bond donors (Lipinski definition) is 0. The molecule has 0 aliphatic rings. The van der Waals surface area contributed by atoms with Crippen molar-refractivity contribution in [3.63, 3.8) is 0 Å². The molecule has 1 aromatic rings. The maximum Gasteiger partial charge on any atom is 0.306 e. The first-order valence-corrected chi connectivity index (χ1v) is 8.60. The summed E-state index contributed by atoms with van der Waals surface area (Å²) >= 11 is 0. The molecular formula is C15H23NO7S. The molecule has 0 fully saturated rings. The Morgan fingerprint density at radius 3 is 2.29 bits per heavy atom. The lowest BCUT2D eigenvalue weighted by molar-refractivity contribution is -0.141. The van der Waals surface area contributed by atoms with Crippen LogP contribution in [0, 0.1) is 0 Å². The van der Waals surface area contributed by atoms with E-state index in [1.807, 2.05) is 0 Å². The fourth-order valence-electron chi connectivity index (χ4n) is 2.01. The molecule has 8 nitrogen and oxygen atoms in total. The summed E-state index contributed by atoms with van der Waals surface area (Å²) in [5, 5.41) is 0. The highest BCUT2D eigenvalue weighted by molar-refractivity contribution is 7.89. The van der Waals surface area contributed by atoms with Gasteiger partial charge in [-0.3, -0.25) is 4.79 Å². The number of methoxy groups -OCH3 is 4. The minimum atomic E-state index is -3.92. The van der Waals surface area contributed by atoms with Crippen LogP contribution in [-0.2, 0) is 29.0 Å². The fraction of sp³-hybridized carbons (Fsp3) is 0.533. The van der Waals surface area contributed by atoms with Crippen molar-refractivity contribution in [2.45, 2.75) is 17.6 Å². The summed E-state index contributed by atoms with van der Waals surface area (Å²) in [5.41, 5.74) is 0. The van der Waals surface area contributed by atoms with Gasteiger partial charge in [-0.05, 0) is 12.1 Å². The Hall–Kier alpha value is -1.68. The van der Waals surface area contributed by atoms with Gasteiger partial charge in [0, 0.05) is 20.8 Å². The average molecular weight is 361 g/mol. The van der Waals surface area contributed by atoms with Crippen molar-refractivity contribution < 1.29 is 32.2 Å². The zero-order valence-electron chi connectivity index (χ0n) is 14.2. The predicted octanol–water partition coefficient (Wildman–Crippen LogP) is 0.868. The van der Waals surface area contributed by atoms with Crippen LogP contribution in [0.15, 0.2) is 29.2 Å². The van der Waals surface area contributed by atoms with Crippen molar-refractivity contribution in [2.24, 2.45) is 0 Å². The van der Waals surface area contributed by atoms with Gasteiger partial charge in [0.2, 0.25) is 10.0 Å². The van der Waals surface area contributed by atoms with Gasteiger partial charge < -0.3 is 18.9 Å². The summed E-state index contributed by atoms with van der Waals surface area (Å²) < 4.78 is 46.9. The molecular weight excluding hydrogens is 338 g/mol. The molecule has 0 atom stereocenters. The van der Waals surface area contributed by atoms with Crippen molar-refractivity contribution >= 4 is 16.0 Å². The van der Waals surface area contributed by atoms with Gasteiger partial charge in [-0.15, -0.1) is 0 Å². The summed E-state index contributed by atoms with van der Waals surface area (Å²) in [6.07, 6.45) is -0.863. The number of carbonyl (C=O) groups is 1. The highest BCUT2D eigenvalue weighted by Gasteiger charge is 2.30. The molecule has 0 heterocycles. The molecule has 0 N–H and O–H groups in total. The van der Waals surface area contributed by atoms with E-state index in [1.165, 1.54) is 34.5 Å². The van der Waals surface area contributed by atoms with Crippen LogP contribution >= 0.6 is 0 Å². The zero-order chi connectivity index (χ0) is 18.2. The number of nitrogens with zero attached hydrogens (tertiary/aromatic N) is 1. The lowest BCUT2D eigenvalue weighted by Gasteiger charge is -2.26. The lowest BCUT2D eigenvalue weighted by Crippen LogP contribution is -2.40. The number of carbonyl (C=O) groups excluding carboxylic acids is 1. The van der Waals surface area contributed by atoms with Gasteiger partial charge in [-0.25, -0.2) is 8.42 Å². The molecule has 0 unspecified atom stereocenters. The van der Waals surface area contributed by atoms with Crippen LogP contribution in [0.4, 0.5) is 0 Å². The van der Waals surface area contributed by atoms with Crippen LogP contribution in [0.3, 0.4) is 0 Å². The molecule has 136 valence electrons. The van der Waals surface area contributed by atoms with Crippen LogP contribution in [0.25, 0.3) is 0 Å². The Labute approximate surface area is 142 Å². The van der Waals surface area contributed by atoms with E-state index >= 15 is 0 Å². The van der Waals surface area contributed by atoms with Gasteiger partial charge in [-0.2, -0.15) is 4.31 Å². The lowest BCUT2D eigenvalue weighted by atomic mass is 10.3. The standard InChI is InChI=1S/C15H23NO7S/c1-20-12-7-5-6-8-13(12)24(18,19)16(10-9-14(17)21-2)11-15(22-3)23-4/h5-8,15H,9-11H2,1-4H3. The molecule has 1 aromatic carbocycles. The van der Waals surface area contributed by atoms with Crippen LogP contribution < -0.4 is 4.74 Å². The number of sulfonamides is 1. The van der Waals surface area contributed by atoms with E-state index in [9.17, 15) is 13.2 Å². The highest BCUT2D eigenvalue weighted by atomic mass is 32.2. The van der Waals surface area contributed by atoms with E-state index in [0.29, 0.717) is 0 Å². The largest absolute Gasteiger partial charge is 0.495 e. The molecule has 0 amide bonds. The predicted molar refractivity (Wildman–Crippen MR) is 86.2 cm³/mol. The molecule has 0 saturated heterocycles. The number of esters is 1. The molecule has 0 saturated carbocycles. The smallest absolute Gasteiger partial charge is 0.306 e. The maximum absolute atomic E-state index is 13.0.